The largest absolute Gasteiger partial charge is 0.486 e. The molecular formula is C12H12N2O4S. The van der Waals surface area contributed by atoms with E-state index in [9.17, 15) is 0 Å². The molecular weight excluding hydrogens is 268 g/mol. The van der Waals surface area contributed by atoms with Crippen LogP contribution in [0.15, 0.2) is 22.6 Å². The first-order valence-corrected chi connectivity index (χ1v) is 6.15. The number of rotatable bonds is 3. The van der Waals surface area contributed by atoms with E-state index in [2.05, 4.69) is 10.2 Å². The number of nitrogens with zero attached hydrogens (tertiary/aromatic N) is 1. The Labute approximate surface area is 114 Å². The summed E-state index contributed by atoms with van der Waals surface area (Å²) in [6.07, 6.45) is -0.113. The van der Waals surface area contributed by atoms with Gasteiger partial charge in [0.15, 0.2) is 17.6 Å². The summed E-state index contributed by atoms with van der Waals surface area (Å²) < 4.78 is 21.7. The van der Waals surface area contributed by atoms with Gasteiger partial charge < -0.3 is 18.6 Å². The third-order valence-corrected chi connectivity index (χ3v) is 2.87. The van der Waals surface area contributed by atoms with Crippen LogP contribution in [0.2, 0.25) is 0 Å². The van der Waals surface area contributed by atoms with E-state index in [-0.39, 0.29) is 10.9 Å². The minimum absolute atomic E-state index is 0.113. The minimum Gasteiger partial charge on any atom is -0.486 e. The molecule has 0 unspecified atom stereocenters. The summed E-state index contributed by atoms with van der Waals surface area (Å²) in [6.45, 7) is 0.954. The number of fused-ring (bicyclic) bond motifs is 1. The number of aromatic nitrogens is 2. The van der Waals surface area contributed by atoms with Gasteiger partial charge in [0.05, 0.1) is 6.61 Å². The molecule has 0 saturated heterocycles. The zero-order chi connectivity index (χ0) is 13.2. The Bertz CT molecular complexity index is 637. The summed E-state index contributed by atoms with van der Waals surface area (Å²) in [6, 6.07) is 5.47. The highest BCUT2D eigenvalue weighted by Gasteiger charge is 2.22. The lowest BCUT2D eigenvalue weighted by Gasteiger charge is -2.26. The second kappa shape index (κ2) is 5.02. The second-order valence-corrected chi connectivity index (χ2v) is 4.46. The molecule has 1 aliphatic heterocycles. The molecule has 0 bridgehead atoms. The molecule has 0 amide bonds. The Hall–Kier alpha value is -1.86. The van der Waals surface area contributed by atoms with Crippen LogP contribution in [0.25, 0.3) is 11.5 Å². The summed E-state index contributed by atoms with van der Waals surface area (Å²) >= 11 is 4.85. The van der Waals surface area contributed by atoms with Gasteiger partial charge in [-0.15, -0.1) is 5.10 Å². The third-order valence-electron chi connectivity index (χ3n) is 2.70. The zero-order valence-electron chi connectivity index (χ0n) is 10.2. The Morgan fingerprint density at radius 1 is 1.47 bits per heavy atom. The second-order valence-electron chi connectivity index (χ2n) is 4.09. The number of nitrogens with one attached hydrogen (secondary N) is 1. The molecule has 0 fully saturated rings. The van der Waals surface area contributed by atoms with E-state index in [1.165, 1.54) is 0 Å². The van der Waals surface area contributed by atoms with Gasteiger partial charge in [-0.05, 0) is 30.4 Å². The van der Waals surface area contributed by atoms with Crippen LogP contribution in [0.3, 0.4) is 0 Å². The van der Waals surface area contributed by atoms with E-state index in [0.717, 1.165) is 5.56 Å². The van der Waals surface area contributed by atoms with Crippen molar-refractivity contribution in [2.75, 3.05) is 20.3 Å². The molecule has 0 radical (unpaired) electrons. The molecule has 0 spiro atoms. The Morgan fingerprint density at radius 2 is 2.37 bits per heavy atom. The first kappa shape index (κ1) is 12.2. The van der Waals surface area contributed by atoms with Gasteiger partial charge >= 0.3 is 0 Å². The third kappa shape index (κ3) is 2.47. The number of benzene rings is 1. The van der Waals surface area contributed by atoms with Crippen LogP contribution < -0.4 is 9.47 Å². The maximum absolute atomic E-state index is 5.79. The summed E-state index contributed by atoms with van der Waals surface area (Å²) in [4.78, 5) is 0.238. The predicted octanol–water partition coefficient (Wildman–Crippen LogP) is 2.19. The maximum atomic E-state index is 5.79. The maximum Gasteiger partial charge on any atom is 0.284 e. The molecule has 0 saturated carbocycles. The van der Waals surface area contributed by atoms with Gasteiger partial charge in [-0.3, -0.25) is 0 Å². The topological polar surface area (TPSA) is 69.5 Å². The number of ether oxygens (including phenoxy) is 3. The van der Waals surface area contributed by atoms with E-state index in [4.69, 9.17) is 30.8 Å². The first-order valence-electron chi connectivity index (χ1n) is 5.74. The molecule has 7 heteroatoms. The first-order chi connectivity index (χ1) is 9.26. The molecule has 2 heterocycles. The van der Waals surface area contributed by atoms with Crippen LogP contribution in [-0.4, -0.2) is 36.6 Å². The number of hydrogen-bond donors (Lipinski definition) is 1. The van der Waals surface area contributed by atoms with Gasteiger partial charge in [0.25, 0.3) is 4.84 Å². The average Bonchev–Trinajstić information content (AvgIpc) is 2.85. The molecule has 1 atom stereocenters. The summed E-state index contributed by atoms with van der Waals surface area (Å²) in [5.74, 6) is 1.77. The van der Waals surface area contributed by atoms with Crippen LogP contribution in [0.5, 0.6) is 11.5 Å². The highest BCUT2D eigenvalue weighted by Crippen LogP contribution is 2.35. The van der Waals surface area contributed by atoms with Crippen LogP contribution in [0.4, 0.5) is 0 Å². The molecule has 1 N–H and O–H groups in total. The van der Waals surface area contributed by atoms with Crippen molar-refractivity contribution in [2.45, 2.75) is 6.10 Å². The van der Waals surface area contributed by atoms with E-state index in [1.807, 2.05) is 18.2 Å². The van der Waals surface area contributed by atoms with Crippen LogP contribution in [0.1, 0.15) is 0 Å². The Balaban J connectivity index is 1.90. The van der Waals surface area contributed by atoms with Gasteiger partial charge in [-0.2, -0.15) is 0 Å². The molecule has 19 heavy (non-hydrogen) atoms. The van der Waals surface area contributed by atoms with Crippen molar-refractivity contribution in [3.8, 4) is 23.0 Å². The van der Waals surface area contributed by atoms with E-state index in [1.54, 1.807) is 7.11 Å². The number of hydrogen-bond acceptors (Lipinski definition) is 6. The lowest BCUT2D eigenvalue weighted by atomic mass is 10.2. The molecule has 6 nitrogen and oxygen atoms in total. The molecule has 3 rings (SSSR count). The van der Waals surface area contributed by atoms with Crippen molar-refractivity contribution < 1.29 is 18.6 Å². The normalized spacial score (nSPS) is 17.4. The van der Waals surface area contributed by atoms with Crippen LogP contribution in [0, 0.1) is 4.84 Å². The number of H-pyrrole nitrogens is 1. The van der Waals surface area contributed by atoms with E-state index >= 15 is 0 Å². The minimum atomic E-state index is -0.113. The van der Waals surface area contributed by atoms with Gasteiger partial charge in [0.1, 0.15) is 6.61 Å². The van der Waals surface area contributed by atoms with Gasteiger partial charge in [-0.1, -0.05) is 0 Å². The van der Waals surface area contributed by atoms with Crippen LogP contribution in [-0.2, 0) is 4.74 Å². The highest BCUT2D eigenvalue weighted by atomic mass is 32.1. The lowest BCUT2D eigenvalue weighted by Crippen LogP contribution is -2.32. The summed E-state index contributed by atoms with van der Waals surface area (Å²) in [7, 11) is 1.63. The molecule has 100 valence electrons. The highest BCUT2D eigenvalue weighted by molar-refractivity contribution is 7.71. The molecule has 1 aromatic heterocycles. The SMILES string of the molecule is COC[C@H]1COc2ccc(-c3n[nH]c(=S)o3)cc2O1. The fourth-order valence-electron chi connectivity index (χ4n) is 1.87. The van der Waals surface area contributed by atoms with Crippen molar-refractivity contribution in [3.05, 3.63) is 23.0 Å². The monoisotopic (exact) mass is 280 g/mol. The zero-order valence-corrected chi connectivity index (χ0v) is 11.0. The van der Waals surface area contributed by atoms with Gasteiger partial charge in [-0.25, -0.2) is 5.10 Å². The van der Waals surface area contributed by atoms with E-state index in [0.29, 0.717) is 30.6 Å². The smallest absolute Gasteiger partial charge is 0.284 e. The average molecular weight is 280 g/mol. The van der Waals surface area contributed by atoms with E-state index < -0.39 is 0 Å². The molecule has 1 aliphatic rings. The van der Waals surface area contributed by atoms with Crippen molar-refractivity contribution in [3.63, 3.8) is 0 Å². The predicted molar refractivity (Wildman–Crippen MR) is 68.9 cm³/mol. The Morgan fingerprint density at radius 3 is 3.11 bits per heavy atom. The Kier molecular flexibility index (Phi) is 3.22. The summed E-state index contributed by atoms with van der Waals surface area (Å²) in [5, 5.41) is 6.56. The quantitative estimate of drug-likeness (QED) is 0.869. The lowest BCUT2D eigenvalue weighted by molar-refractivity contribution is 0.0272. The number of aromatic amines is 1. The summed E-state index contributed by atoms with van der Waals surface area (Å²) in [5.41, 5.74) is 0.771. The fraction of sp³-hybridized carbons (Fsp3) is 0.333. The van der Waals surface area contributed by atoms with Crippen LogP contribution >= 0.6 is 12.2 Å². The van der Waals surface area contributed by atoms with Gasteiger partial charge in [0, 0.05) is 12.7 Å². The van der Waals surface area contributed by atoms with Crippen molar-refractivity contribution in [2.24, 2.45) is 0 Å². The molecule has 2 aromatic rings. The van der Waals surface area contributed by atoms with Crippen molar-refractivity contribution in [1.82, 2.24) is 10.2 Å². The number of methoxy groups -OCH3 is 1. The van der Waals surface area contributed by atoms with Crippen molar-refractivity contribution >= 4 is 12.2 Å². The fourth-order valence-corrected chi connectivity index (χ4v) is 1.99. The molecule has 0 aliphatic carbocycles. The standard InChI is InChI=1S/C12H12N2O4S/c1-15-5-8-6-16-9-3-2-7(4-10(9)17-8)11-13-14-12(19)18-11/h2-4,8H,5-6H2,1H3,(H,14,19)/t8-/m0/s1. The molecule has 1 aromatic carbocycles. The van der Waals surface area contributed by atoms with Crippen molar-refractivity contribution in [1.29, 1.82) is 0 Å². The van der Waals surface area contributed by atoms with Gasteiger partial charge in [0.2, 0.25) is 5.89 Å².